The Labute approximate surface area is 122 Å². The zero-order chi connectivity index (χ0) is 14.6. The molecule has 3 N–H and O–H groups in total. The summed E-state index contributed by atoms with van der Waals surface area (Å²) in [7, 11) is 2.16. The predicted octanol–water partition coefficient (Wildman–Crippen LogP) is 0.400. The van der Waals surface area contributed by atoms with Gasteiger partial charge in [-0.05, 0) is 26.8 Å². The Kier molecular flexibility index (Phi) is 5.41. The van der Waals surface area contributed by atoms with Crippen molar-refractivity contribution in [3.05, 3.63) is 0 Å². The first-order valence-electron chi connectivity index (χ1n) is 8.00. The van der Waals surface area contributed by atoms with E-state index in [2.05, 4.69) is 29.1 Å². The Morgan fingerprint density at radius 1 is 1.20 bits per heavy atom. The van der Waals surface area contributed by atoms with E-state index in [0.717, 1.165) is 58.4 Å². The molecule has 20 heavy (non-hydrogen) atoms. The molecule has 1 aliphatic heterocycles. The third-order valence-corrected chi connectivity index (χ3v) is 4.70. The van der Waals surface area contributed by atoms with Gasteiger partial charge in [0.1, 0.15) is 0 Å². The normalized spacial score (nSPS) is 26.1. The van der Waals surface area contributed by atoms with Crippen LogP contribution in [0.4, 0.5) is 0 Å². The topological polar surface area (TPSA) is 61.6 Å². The molecule has 1 aliphatic carbocycles. The van der Waals surface area contributed by atoms with E-state index >= 15 is 0 Å². The number of piperazine rings is 1. The highest BCUT2D eigenvalue weighted by Crippen LogP contribution is 2.26. The maximum Gasteiger partial charge on any atom is 0.240 e. The van der Waals surface area contributed by atoms with Gasteiger partial charge in [-0.2, -0.15) is 0 Å². The standard InChI is InChI=1S/C15H30N4O/c1-13(12-19-10-8-18(2)9-11-19)17-14(20)15(16)6-4-3-5-7-15/h13H,3-12,16H2,1-2H3,(H,17,20). The summed E-state index contributed by atoms with van der Waals surface area (Å²) in [5.74, 6) is 0.0545. The number of nitrogens with two attached hydrogens (primary N) is 1. The Balaban J connectivity index is 1.76. The minimum absolute atomic E-state index is 0.0545. The third kappa shape index (κ3) is 4.17. The first kappa shape index (κ1) is 15.7. The molecule has 2 aliphatic rings. The Morgan fingerprint density at radius 3 is 2.40 bits per heavy atom. The number of nitrogens with one attached hydrogen (secondary N) is 1. The second kappa shape index (κ2) is 6.87. The molecule has 116 valence electrons. The Bertz CT molecular complexity index is 320. The van der Waals surface area contributed by atoms with Crippen LogP contribution in [-0.4, -0.2) is 67.1 Å². The third-order valence-electron chi connectivity index (χ3n) is 4.70. The van der Waals surface area contributed by atoms with Gasteiger partial charge in [0, 0.05) is 38.8 Å². The molecule has 2 rings (SSSR count). The lowest BCUT2D eigenvalue weighted by Crippen LogP contribution is -2.58. The van der Waals surface area contributed by atoms with Crippen molar-refractivity contribution < 1.29 is 4.79 Å². The average molecular weight is 282 g/mol. The summed E-state index contributed by atoms with van der Waals surface area (Å²) in [6, 6.07) is 0.174. The van der Waals surface area contributed by atoms with Crippen molar-refractivity contribution >= 4 is 5.91 Å². The molecule has 0 bridgehead atoms. The van der Waals surface area contributed by atoms with Crippen LogP contribution in [0.3, 0.4) is 0 Å². The first-order chi connectivity index (χ1) is 9.49. The number of carbonyl (C=O) groups excluding carboxylic acids is 1. The van der Waals surface area contributed by atoms with E-state index in [1.54, 1.807) is 0 Å². The molecule has 5 heteroatoms. The Hall–Kier alpha value is -0.650. The van der Waals surface area contributed by atoms with E-state index in [0.29, 0.717) is 0 Å². The van der Waals surface area contributed by atoms with Gasteiger partial charge in [0.25, 0.3) is 0 Å². The zero-order valence-electron chi connectivity index (χ0n) is 13.0. The maximum absolute atomic E-state index is 12.4. The van der Waals surface area contributed by atoms with Crippen LogP contribution in [0.5, 0.6) is 0 Å². The van der Waals surface area contributed by atoms with Gasteiger partial charge in [-0.15, -0.1) is 0 Å². The molecular formula is C15H30N4O. The van der Waals surface area contributed by atoms with Gasteiger partial charge in [0.05, 0.1) is 5.54 Å². The van der Waals surface area contributed by atoms with Crippen molar-refractivity contribution in [3.8, 4) is 0 Å². The molecular weight excluding hydrogens is 252 g/mol. The van der Waals surface area contributed by atoms with Gasteiger partial charge >= 0.3 is 0 Å². The second-order valence-electron chi connectivity index (χ2n) is 6.70. The van der Waals surface area contributed by atoms with Gasteiger partial charge in [-0.25, -0.2) is 0 Å². The number of hydrogen-bond acceptors (Lipinski definition) is 4. The van der Waals surface area contributed by atoms with Gasteiger partial charge in [0.15, 0.2) is 0 Å². The molecule has 0 radical (unpaired) electrons. The summed E-state index contributed by atoms with van der Waals surface area (Å²) in [5, 5.41) is 3.13. The molecule has 1 unspecified atom stereocenters. The molecule has 0 aromatic heterocycles. The lowest BCUT2D eigenvalue weighted by atomic mass is 9.82. The largest absolute Gasteiger partial charge is 0.351 e. The smallest absolute Gasteiger partial charge is 0.240 e. The molecule has 1 atom stereocenters. The van der Waals surface area contributed by atoms with Crippen LogP contribution < -0.4 is 11.1 Å². The first-order valence-corrected chi connectivity index (χ1v) is 8.00. The average Bonchev–Trinajstić information content (AvgIpc) is 2.42. The highest BCUT2D eigenvalue weighted by atomic mass is 16.2. The number of hydrogen-bond donors (Lipinski definition) is 2. The summed E-state index contributed by atoms with van der Waals surface area (Å²) < 4.78 is 0. The minimum Gasteiger partial charge on any atom is -0.351 e. The fraction of sp³-hybridized carbons (Fsp3) is 0.933. The second-order valence-corrected chi connectivity index (χ2v) is 6.70. The number of likely N-dealkylation sites (N-methyl/N-ethyl adjacent to an activating group) is 1. The lowest BCUT2D eigenvalue weighted by molar-refractivity contribution is -0.128. The van der Waals surface area contributed by atoms with Crippen LogP contribution >= 0.6 is 0 Å². The molecule has 1 saturated heterocycles. The number of rotatable bonds is 4. The summed E-state index contributed by atoms with van der Waals surface area (Å²) in [6.07, 6.45) is 5.04. The highest BCUT2D eigenvalue weighted by molar-refractivity contribution is 5.86. The van der Waals surface area contributed by atoms with Crippen LogP contribution in [-0.2, 0) is 4.79 Å². The summed E-state index contributed by atoms with van der Waals surface area (Å²) in [4.78, 5) is 17.1. The molecule has 1 heterocycles. The van der Waals surface area contributed by atoms with Gasteiger partial charge < -0.3 is 16.0 Å². The van der Waals surface area contributed by atoms with E-state index in [4.69, 9.17) is 5.73 Å². The van der Waals surface area contributed by atoms with E-state index < -0.39 is 5.54 Å². The van der Waals surface area contributed by atoms with E-state index in [9.17, 15) is 4.79 Å². The van der Waals surface area contributed by atoms with Crippen molar-refractivity contribution in [1.82, 2.24) is 15.1 Å². The number of carbonyl (C=O) groups is 1. The predicted molar refractivity (Wildman–Crippen MR) is 81.5 cm³/mol. The van der Waals surface area contributed by atoms with Gasteiger partial charge in [-0.1, -0.05) is 19.3 Å². The summed E-state index contributed by atoms with van der Waals surface area (Å²) in [6.45, 7) is 7.41. The number of amides is 1. The molecule has 0 aromatic carbocycles. The van der Waals surface area contributed by atoms with Crippen LogP contribution in [0.1, 0.15) is 39.0 Å². The zero-order valence-corrected chi connectivity index (χ0v) is 13.0. The van der Waals surface area contributed by atoms with Crippen LogP contribution in [0.15, 0.2) is 0 Å². The highest BCUT2D eigenvalue weighted by Gasteiger charge is 2.35. The van der Waals surface area contributed by atoms with E-state index in [-0.39, 0.29) is 11.9 Å². The summed E-state index contributed by atoms with van der Waals surface area (Å²) in [5.41, 5.74) is 5.65. The van der Waals surface area contributed by atoms with Crippen molar-refractivity contribution in [2.45, 2.75) is 50.6 Å². The van der Waals surface area contributed by atoms with Crippen molar-refractivity contribution in [2.24, 2.45) is 5.73 Å². The minimum atomic E-state index is -0.616. The van der Waals surface area contributed by atoms with Crippen molar-refractivity contribution in [1.29, 1.82) is 0 Å². The van der Waals surface area contributed by atoms with Crippen molar-refractivity contribution in [2.75, 3.05) is 39.8 Å². The van der Waals surface area contributed by atoms with Crippen LogP contribution in [0.25, 0.3) is 0 Å². The van der Waals surface area contributed by atoms with Crippen LogP contribution in [0.2, 0.25) is 0 Å². The lowest BCUT2D eigenvalue weighted by Gasteiger charge is -2.36. The SMILES string of the molecule is CC(CN1CCN(C)CC1)NC(=O)C1(N)CCCCC1. The Morgan fingerprint density at radius 2 is 1.80 bits per heavy atom. The van der Waals surface area contributed by atoms with Crippen LogP contribution in [0, 0.1) is 0 Å². The van der Waals surface area contributed by atoms with Gasteiger partial charge in [0.2, 0.25) is 5.91 Å². The molecule has 2 fully saturated rings. The van der Waals surface area contributed by atoms with E-state index in [1.165, 1.54) is 6.42 Å². The molecule has 0 spiro atoms. The maximum atomic E-state index is 12.4. The fourth-order valence-electron chi connectivity index (χ4n) is 3.24. The molecule has 1 saturated carbocycles. The monoisotopic (exact) mass is 282 g/mol. The van der Waals surface area contributed by atoms with Crippen molar-refractivity contribution in [3.63, 3.8) is 0 Å². The summed E-state index contributed by atoms with van der Waals surface area (Å²) >= 11 is 0. The fourth-order valence-corrected chi connectivity index (χ4v) is 3.24. The molecule has 0 aromatic rings. The van der Waals surface area contributed by atoms with Gasteiger partial charge in [-0.3, -0.25) is 9.69 Å². The molecule has 1 amide bonds. The quantitative estimate of drug-likeness (QED) is 0.783. The van der Waals surface area contributed by atoms with E-state index in [1.807, 2.05) is 0 Å². The number of nitrogens with zero attached hydrogens (tertiary/aromatic N) is 2. The molecule has 5 nitrogen and oxygen atoms in total.